The van der Waals surface area contributed by atoms with Gasteiger partial charge in [0, 0.05) is 10.7 Å². The van der Waals surface area contributed by atoms with E-state index in [1.165, 1.54) is 11.1 Å². The van der Waals surface area contributed by atoms with Crippen molar-refractivity contribution in [1.29, 1.82) is 0 Å². The first-order valence-corrected chi connectivity index (χ1v) is 13.4. The van der Waals surface area contributed by atoms with Crippen LogP contribution in [0.1, 0.15) is 51.7 Å². The number of thiazole rings is 1. The van der Waals surface area contributed by atoms with Crippen molar-refractivity contribution in [2.45, 2.75) is 72.2 Å². The van der Waals surface area contributed by atoms with Gasteiger partial charge in [-0.15, -0.1) is 11.3 Å². The summed E-state index contributed by atoms with van der Waals surface area (Å²) in [6.07, 6.45) is 5.49. The van der Waals surface area contributed by atoms with Crippen molar-refractivity contribution in [2.75, 3.05) is 5.33 Å². The van der Waals surface area contributed by atoms with Gasteiger partial charge in [0.2, 0.25) is 0 Å². The van der Waals surface area contributed by atoms with E-state index in [0.717, 1.165) is 22.5 Å². The van der Waals surface area contributed by atoms with Gasteiger partial charge in [-0.3, -0.25) is 0 Å². The minimum Gasteiger partial charge on any atom is -0.410 e. The van der Waals surface area contributed by atoms with Gasteiger partial charge < -0.3 is 4.43 Å². The molecule has 136 valence electrons. The number of aromatic nitrogens is 1. The summed E-state index contributed by atoms with van der Waals surface area (Å²) in [5.41, 5.74) is 3.64. The van der Waals surface area contributed by atoms with Gasteiger partial charge in [-0.25, -0.2) is 4.98 Å². The van der Waals surface area contributed by atoms with Crippen LogP contribution in [0.15, 0.2) is 22.6 Å². The molecule has 0 fully saturated rings. The Bertz CT molecular complexity index is 599. The summed E-state index contributed by atoms with van der Waals surface area (Å²) in [5.74, 6) is 0. The van der Waals surface area contributed by atoms with E-state index in [2.05, 4.69) is 86.2 Å². The lowest BCUT2D eigenvalue weighted by atomic mass is 10.1. The molecule has 1 aromatic rings. The summed E-state index contributed by atoms with van der Waals surface area (Å²) in [6.45, 7) is 17.9. The molecule has 0 saturated carbocycles. The van der Waals surface area contributed by atoms with Gasteiger partial charge >= 0.3 is 0 Å². The van der Waals surface area contributed by atoms with Crippen molar-refractivity contribution in [3.05, 3.63) is 33.3 Å². The van der Waals surface area contributed by atoms with Crippen molar-refractivity contribution in [3.63, 3.8) is 0 Å². The van der Waals surface area contributed by atoms with Crippen molar-refractivity contribution in [1.82, 2.24) is 4.98 Å². The molecule has 0 radical (unpaired) electrons. The molecule has 1 aromatic heterocycles. The zero-order valence-electron chi connectivity index (χ0n) is 16.4. The summed E-state index contributed by atoms with van der Waals surface area (Å²) in [6, 6.07) is 0. The summed E-state index contributed by atoms with van der Waals surface area (Å²) in [4.78, 5) is 4.56. The van der Waals surface area contributed by atoms with Gasteiger partial charge in [0.15, 0.2) is 8.32 Å². The van der Waals surface area contributed by atoms with Crippen molar-refractivity contribution in [3.8, 4) is 0 Å². The van der Waals surface area contributed by atoms with E-state index >= 15 is 0 Å². The molecule has 0 amide bonds. The fourth-order valence-corrected chi connectivity index (χ4v) is 4.14. The molecular formula is C19H32BrNOSSi. The second kappa shape index (κ2) is 8.92. The summed E-state index contributed by atoms with van der Waals surface area (Å²) in [7, 11) is -1.82. The first kappa shape index (κ1) is 21.8. The molecule has 0 spiro atoms. The van der Waals surface area contributed by atoms with Crippen LogP contribution in [-0.4, -0.2) is 24.7 Å². The Hall–Kier alpha value is -0.233. The molecular weight excluding hydrogens is 398 g/mol. The monoisotopic (exact) mass is 429 g/mol. The van der Waals surface area contributed by atoms with E-state index in [1.807, 2.05) is 6.92 Å². The Morgan fingerprint density at radius 2 is 2.00 bits per heavy atom. The number of rotatable bonds is 7. The van der Waals surface area contributed by atoms with Gasteiger partial charge in [0.25, 0.3) is 0 Å². The van der Waals surface area contributed by atoms with E-state index in [1.54, 1.807) is 11.3 Å². The Morgan fingerprint density at radius 1 is 1.38 bits per heavy atom. The molecule has 0 N–H and O–H groups in total. The van der Waals surface area contributed by atoms with Crippen LogP contribution >= 0.6 is 27.3 Å². The third-order valence-corrected chi connectivity index (χ3v) is 10.8. The van der Waals surface area contributed by atoms with E-state index in [9.17, 15) is 0 Å². The minimum atomic E-state index is -1.82. The maximum atomic E-state index is 6.72. The SMILES string of the molecule is C/C(=C/C[C@H](O[Si](C)(C)C(C)(C)C)/C(C)=C/c1csc(C)n1)CBr. The number of nitrogens with zero attached hydrogens (tertiary/aromatic N) is 1. The fraction of sp³-hybridized carbons (Fsp3) is 0.632. The number of allylic oxidation sites excluding steroid dienone is 1. The smallest absolute Gasteiger partial charge is 0.192 e. The number of hydrogen-bond donors (Lipinski definition) is 0. The predicted molar refractivity (Wildman–Crippen MR) is 115 cm³/mol. The summed E-state index contributed by atoms with van der Waals surface area (Å²) >= 11 is 5.22. The molecule has 0 unspecified atom stereocenters. The number of halogens is 1. The minimum absolute atomic E-state index is 0.113. The number of alkyl halides is 1. The van der Waals surface area contributed by atoms with Crippen LogP contribution in [0.4, 0.5) is 0 Å². The molecule has 1 atom stereocenters. The maximum Gasteiger partial charge on any atom is 0.192 e. The van der Waals surface area contributed by atoms with Gasteiger partial charge in [0.1, 0.15) is 0 Å². The molecule has 5 heteroatoms. The van der Waals surface area contributed by atoms with Crippen LogP contribution in [0.25, 0.3) is 6.08 Å². The molecule has 0 bridgehead atoms. The highest BCUT2D eigenvalue weighted by Crippen LogP contribution is 2.38. The van der Waals surface area contributed by atoms with Crippen LogP contribution in [0.3, 0.4) is 0 Å². The molecule has 1 heterocycles. The van der Waals surface area contributed by atoms with E-state index < -0.39 is 8.32 Å². The van der Waals surface area contributed by atoms with Gasteiger partial charge in [0.05, 0.1) is 16.8 Å². The zero-order valence-corrected chi connectivity index (χ0v) is 19.8. The molecule has 2 nitrogen and oxygen atoms in total. The van der Waals surface area contributed by atoms with E-state index in [0.29, 0.717) is 0 Å². The quantitative estimate of drug-likeness (QED) is 0.265. The van der Waals surface area contributed by atoms with Gasteiger partial charge in [-0.2, -0.15) is 0 Å². The second-order valence-corrected chi connectivity index (χ2v) is 14.3. The van der Waals surface area contributed by atoms with E-state index in [4.69, 9.17) is 4.43 Å². The topological polar surface area (TPSA) is 22.1 Å². The normalized spacial score (nSPS) is 15.7. The zero-order chi connectivity index (χ0) is 18.5. The largest absolute Gasteiger partial charge is 0.410 e. The Balaban J connectivity index is 3.06. The molecule has 0 saturated heterocycles. The molecule has 0 aliphatic rings. The average molecular weight is 431 g/mol. The standard InChI is InChI=1S/C19H32BrNOSSi/c1-14(12-20)9-10-18(22-24(7,8)19(4,5)6)15(2)11-17-13-23-16(3)21-17/h9,11,13,18H,10,12H2,1-8H3/b14-9-,15-11+/t18-/m0/s1. The van der Waals surface area contributed by atoms with Crippen LogP contribution < -0.4 is 0 Å². The Morgan fingerprint density at radius 3 is 2.46 bits per heavy atom. The Labute approximate surface area is 161 Å². The van der Waals surface area contributed by atoms with Gasteiger partial charge in [-0.1, -0.05) is 48.4 Å². The van der Waals surface area contributed by atoms with Crippen LogP contribution in [0.5, 0.6) is 0 Å². The van der Waals surface area contributed by atoms with Crippen molar-refractivity contribution < 1.29 is 4.43 Å². The van der Waals surface area contributed by atoms with Crippen LogP contribution in [-0.2, 0) is 4.43 Å². The second-order valence-electron chi connectivity index (χ2n) is 7.97. The van der Waals surface area contributed by atoms with Crippen molar-refractivity contribution >= 4 is 41.7 Å². The molecule has 0 aromatic carbocycles. The third-order valence-electron chi connectivity index (χ3n) is 4.65. The molecule has 24 heavy (non-hydrogen) atoms. The highest BCUT2D eigenvalue weighted by Gasteiger charge is 2.39. The first-order valence-electron chi connectivity index (χ1n) is 8.46. The van der Waals surface area contributed by atoms with Crippen molar-refractivity contribution in [2.24, 2.45) is 0 Å². The van der Waals surface area contributed by atoms with Crippen LogP contribution in [0.2, 0.25) is 18.1 Å². The molecule has 0 aliphatic heterocycles. The lowest BCUT2D eigenvalue weighted by Crippen LogP contribution is -2.44. The Kier molecular flexibility index (Phi) is 8.11. The fourth-order valence-electron chi connectivity index (χ4n) is 1.99. The lowest BCUT2D eigenvalue weighted by molar-refractivity contribution is 0.217. The first-order chi connectivity index (χ1) is 11.0. The lowest BCUT2D eigenvalue weighted by Gasteiger charge is -2.39. The highest BCUT2D eigenvalue weighted by atomic mass is 79.9. The predicted octanol–water partition coefficient (Wildman–Crippen LogP) is 6.98. The molecule has 1 rings (SSSR count). The number of aryl methyl sites for hydroxylation is 1. The maximum absolute atomic E-state index is 6.72. The summed E-state index contributed by atoms with van der Waals surface area (Å²) in [5, 5.41) is 4.33. The third kappa shape index (κ3) is 6.58. The average Bonchev–Trinajstić information content (AvgIpc) is 2.86. The number of hydrogen-bond acceptors (Lipinski definition) is 3. The van der Waals surface area contributed by atoms with Gasteiger partial charge in [-0.05, 0) is 57.0 Å². The molecule has 0 aliphatic carbocycles. The summed E-state index contributed by atoms with van der Waals surface area (Å²) < 4.78 is 6.72. The highest BCUT2D eigenvalue weighted by molar-refractivity contribution is 9.09. The van der Waals surface area contributed by atoms with Crippen LogP contribution in [0, 0.1) is 6.92 Å². The van der Waals surface area contributed by atoms with E-state index in [-0.39, 0.29) is 11.1 Å².